The van der Waals surface area contributed by atoms with E-state index in [0.29, 0.717) is 19.4 Å². The number of rotatable bonds is 6. The van der Waals surface area contributed by atoms with Crippen LogP contribution >= 0.6 is 0 Å². The first-order valence-corrected chi connectivity index (χ1v) is 4.18. The third-order valence-corrected chi connectivity index (χ3v) is 1.53. The van der Waals surface area contributed by atoms with Crippen LogP contribution in [-0.4, -0.2) is 39.1 Å². The highest BCUT2D eigenvalue weighted by molar-refractivity contribution is 5.77. The van der Waals surface area contributed by atoms with Crippen molar-refractivity contribution in [2.24, 2.45) is 0 Å². The molecule has 0 bridgehead atoms. The van der Waals surface area contributed by atoms with Gasteiger partial charge in [0.1, 0.15) is 0 Å². The second-order valence-electron chi connectivity index (χ2n) is 2.53. The summed E-state index contributed by atoms with van der Waals surface area (Å²) in [5.74, 6) is -0.278. The molecule has 0 aromatic heterocycles. The van der Waals surface area contributed by atoms with Gasteiger partial charge in [0.05, 0.1) is 13.7 Å². The van der Waals surface area contributed by atoms with Gasteiger partial charge in [-0.25, -0.2) is 0 Å². The molecule has 0 saturated heterocycles. The molecule has 0 saturated carbocycles. The molecule has 0 unspecified atom stereocenters. The zero-order chi connectivity index (χ0) is 10.1. The van der Waals surface area contributed by atoms with Crippen LogP contribution in [0, 0.1) is 0 Å². The average molecular weight is 188 g/mol. The van der Waals surface area contributed by atoms with E-state index in [9.17, 15) is 9.59 Å². The van der Waals surface area contributed by atoms with Gasteiger partial charge in [0, 0.05) is 13.5 Å². The van der Waals surface area contributed by atoms with Crippen molar-refractivity contribution < 1.29 is 14.3 Å². The number of ether oxygens (including phenoxy) is 1. The molecule has 0 atom stereocenters. The maximum Gasteiger partial charge on any atom is 0.305 e. The zero-order valence-corrected chi connectivity index (χ0v) is 8.05. The molecule has 13 heavy (non-hydrogen) atoms. The van der Waals surface area contributed by atoms with Crippen molar-refractivity contribution >= 4 is 11.9 Å². The van der Waals surface area contributed by atoms with Gasteiger partial charge in [0.25, 0.3) is 0 Å². The summed E-state index contributed by atoms with van der Waals surface area (Å²) in [5.41, 5.74) is 0. The maximum atomic E-state index is 10.7. The Morgan fingerprint density at radius 3 is 2.62 bits per heavy atom. The van der Waals surface area contributed by atoms with Crippen LogP contribution in [-0.2, 0) is 14.3 Å². The minimum atomic E-state index is -0.221. The first-order valence-electron chi connectivity index (χ1n) is 4.18. The topological polar surface area (TPSA) is 67.4 Å². The summed E-state index contributed by atoms with van der Waals surface area (Å²) in [7, 11) is 2.94. The van der Waals surface area contributed by atoms with Gasteiger partial charge in [-0.3, -0.25) is 9.59 Å². The molecule has 0 aromatic carbocycles. The van der Waals surface area contributed by atoms with Gasteiger partial charge >= 0.3 is 5.97 Å². The van der Waals surface area contributed by atoms with E-state index in [4.69, 9.17) is 0 Å². The standard InChI is InChI=1S/C8H16N2O3/c1-9-7(11)6-10-5-3-4-8(12)13-2/h10H,3-6H2,1-2H3,(H,9,11). The molecule has 5 heteroatoms. The van der Waals surface area contributed by atoms with Crippen LogP contribution in [0.4, 0.5) is 0 Å². The summed E-state index contributed by atoms with van der Waals surface area (Å²) >= 11 is 0. The monoisotopic (exact) mass is 188 g/mol. The van der Waals surface area contributed by atoms with E-state index in [-0.39, 0.29) is 18.4 Å². The fraction of sp³-hybridized carbons (Fsp3) is 0.750. The van der Waals surface area contributed by atoms with Gasteiger partial charge in [-0.15, -0.1) is 0 Å². The lowest BCUT2D eigenvalue weighted by Crippen LogP contribution is -2.31. The number of methoxy groups -OCH3 is 1. The molecule has 5 nitrogen and oxygen atoms in total. The largest absolute Gasteiger partial charge is 0.469 e. The molecule has 2 N–H and O–H groups in total. The molecule has 0 spiro atoms. The van der Waals surface area contributed by atoms with Crippen molar-refractivity contribution in [3.05, 3.63) is 0 Å². The maximum absolute atomic E-state index is 10.7. The van der Waals surface area contributed by atoms with E-state index < -0.39 is 0 Å². The molecule has 0 radical (unpaired) electrons. The fourth-order valence-electron chi connectivity index (χ4n) is 0.750. The average Bonchev–Trinajstić information content (AvgIpc) is 2.16. The lowest BCUT2D eigenvalue weighted by molar-refractivity contribution is -0.140. The zero-order valence-electron chi connectivity index (χ0n) is 8.05. The smallest absolute Gasteiger partial charge is 0.305 e. The van der Waals surface area contributed by atoms with E-state index in [1.54, 1.807) is 7.05 Å². The number of amides is 1. The van der Waals surface area contributed by atoms with Gasteiger partial charge in [-0.1, -0.05) is 0 Å². The van der Waals surface area contributed by atoms with Crippen LogP contribution < -0.4 is 10.6 Å². The van der Waals surface area contributed by atoms with Gasteiger partial charge < -0.3 is 15.4 Å². The van der Waals surface area contributed by atoms with Gasteiger partial charge in [0.15, 0.2) is 0 Å². The van der Waals surface area contributed by atoms with E-state index in [0.717, 1.165) is 0 Å². The normalized spacial score (nSPS) is 9.38. The molecule has 0 rings (SSSR count). The molecule has 0 heterocycles. The Labute approximate surface area is 77.8 Å². The second kappa shape index (κ2) is 7.54. The Hall–Kier alpha value is -1.10. The summed E-state index contributed by atoms with van der Waals surface area (Å²) in [5, 5.41) is 5.38. The second-order valence-corrected chi connectivity index (χ2v) is 2.53. The number of nitrogens with one attached hydrogen (secondary N) is 2. The molecule has 0 aliphatic heterocycles. The summed E-state index contributed by atoms with van der Waals surface area (Å²) in [6.45, 7) is 0.931. The van der Waals surface area contributed by atoms with Crippen molar-refractivity contribution in [1.82, 2.24) is 10.6 Å². The van der Waals surface area contributed by atoms with Crippen LogP contribution in [0.5, 0.6) is 0 Å². The third kappa shape index (κ3) is 7.27. The summed E-state index contributed by atoms with van der Waals surface area (Å²) in [6, 6.07) is 0. The van der Waals surface area contributed by atoms with Crippen LogP contribution in [0.2, 0.25) is 0 Å². The summed E-state index contributed by atoms with van der Waals surface area (Å²) in [6.07, 6.45) is 1.07. The Kier molecular flexibility index (Phi) is 6.91. The lowest BCUT2D eigenvalue weighted by Gasteiger charge is -2.02. The van der Waals surface area contributed by atoms with Crippen LogP contribution in [0.3, 0.4) is 0 Å². The Balaban J connectivity index is 3.17. The van der Waals surface area contributed by atoms with Crippen molar-refractivity contribution in [3.8, 4) is 0 Å². The number of hydrogen-bond donors (Lipinski definition) is 2. The van der Waals surface area contributed by atoms with Gasteiger partial charge in [-0.2, -0.15) is 0 Å². The van der Waals surface area contributed by atoms with E-state index >= 15 is 0 Å². The highest BCUT2D eigenvalue weighted by atomic mass is 16.5. The highest BCUT2D eigenvalue weighted by Gasteiger charge is 1.99. The van der Waals surface area contributed by atoms with Crippen molar-refractivity contribution in [3.63, 3.8) is 0 Å². The van der Waals surface area contributed by atoms with Gasteiger partial charge in [0.2, 0.25) is 5.91 Å². The summed E-state index contributed by atoms with van der Waals surface area (Å²) in [4.78, 5) is 21.3. The van der Waals surface area contributed by atoms with E-state index in [1.807, 2.05) is 0 Å². The van der Waals surface area contributed by atoms with Crippen molar-refractivity contribution in [1.29, 1.82) is 0 Å². The van der Waals surface area contributed by atoms with Crippen LogP contribution in [0.25, 0.3) is 0 Å². The van der Waals surface area contributed by atoms with Crippen molar-refractivity contribution in [2.75, 3.05) is 27.2 Å². The minimum Gasteiger partial charge on any atom is -0.469 e. The first kappa shape index (κ1) is 11.9. The number of likely N-dealkylation sites (N-methyl/N-ethyl adjacent to an activating group) is 1. The SMILES string of the molecule is CNC(=O)CNCCCC(=O)OC. The Morgan fingerprint density at radius 2 is 2.08 bits per heavy atom. The van der Waals surface area contributed by atoms with Crippen LogP contribution in [0.15, 0.2) is 0 Å². The summed E-state index contributed by atoms with van der Waals surface area (Å²) < 4.78 is 4.45. The number of carbonyl (C=O) groups excluding carboxylic acids is 2. The van der Waals surface area contributed by atoms with Crippen molar-refractivity contribution in [2.45, 2.75) is 12.8 Å². The molecule has 0 aliphatic rings. The minimum absolute atomic E-state index is 0.0573. The molecule has 0 aliphatic carbocycles. The van der Waals surface area contributed by atoms with Gasteiger partial charge in [-0.05, 0) is 13.0 Å². The van der Waals surface area contributed by atoms with Crippen LogP contribution in [0.1, 0.15) is 12.8 Å². The molecule has 76 valence electrons. The Bertz CT molecular complexity index is 153. The fourth-order valence-corrected chi connectivity index (χ4v) is 0.750. The lowest BCUT2D eigenvalue weighted by atomic mass is 10.3. The molecule has 0 aromatic rings. The van der Waals surface area contributed by atoms with E-state index in [1.165, 1.54) is 7.11 Å². The molecule has 0 fully saturated rings. The predicted octanol–water partition coefficient (Wildman–Crippen LogP) is -0.725. The number of hydrogen-bond acceptors (Lipinski definition) is 4. The quantitative estimate of drug-likeness (QED) is 0.426. The number of carbonyl (C=O) groups is 2. The molecular weight excluding hydrogens is 172 g/mol. The predicted molar refractivity (Wildman–Crippen MR) is 48.2 cm³/mol. The molecule has 1 amide bonds. The number of esters is 1. The molecular formula is C8H16N2O3. The Morgan fingerprint density at radius 1 is 1.38 bits per heavy atom. The van der Waals surface area contributed by atoms with E-state index in [2.05, 4.69) is 15.4 Å². The first-order chi connectivity index (χ1) is 6.20. The third-order valence-electron chi connectivity index (χ3n) is 1.53. The highest BCUT2D eigenvalue weighted by Crippen LogP contribution is 1.88.